The number of hydrogen-bond donors (Lipinski definition) is 1. The zero-order chi connectivity index (χ0) is 14.8. The van der Waals surface area contributed by atoms with Crippen molar-refractivity contribution < 1.29 is 9.53 Å². The smallest absolute Gasteiger partial charge is 0.333 e. The number of benzene rings is 1. The van der Waals surface area contributed by atoms with E-state index in [4.69, 9.17) is 4.74 Å². The average molecular weight is 284 g/mol. The highest BCUT2D eigenvalue weighted by Crippen LogP contribution is 1.89. The van der Waals surface area contributed by atoms with Crippen molar-refractivity contribution in [2.75, 3.05) is 12.0 Å². The average Bonchev–Trinajstić information content (AvgIpc) is 2.50. The van der Waals surface area contributed by atoms with Crippen molar-refractivity contribution in [1.82, 2.24) is 14.9 Å². The normalized spacial score (nSPS) is 12.7. The number of ether oxygens (including phenoxy) is 1. The largest absolute Gasteiger partial charge is 0.463 e. The van der Waals surface area contributed by atoms with Crippen LogP contribution < -0.4 is 21.6 Å². The van der Waals surface area contributed by atoms with Crippen LogP contribution in [0.5, 0.6) is 0 Å². The van der Waals surface area contributed by atoms with Gasteiger partial charge in [-0.15, -0.1) is 10.2 Å². The molecule has 0 spiro atoms. The van der Waals surface area contributed by atoms with Gasteiger partial charge in [0, 0.05) is 16.6 Å². The molecule has 0 aliphatic carbocycles. The second-order valence-corrected chi connectivity index (χ2v) is 4.31. The van der Waals surface area contributed by atoms with Crippen LogP contribution in [0.3, 0.4) is 0 Å². The van der Waals surface area contributed by atoms with E-state index in [0.717, 1.165) is 16.5 Å². The van der Waals surface area contributed by atoms with Crippen LogP contribution in [0.25, 0.3) is 12.3 Å². The number of carbonyl (C=O) groups is 1. The topological polar surface area (TPSA) is 86.1 Å². The maximum Gasteiger partial charge on any atom is 0.333 e. The number of esters is 1. The summed E-state index contributed by atoms with van der Waals surface area (Å²) in [5.41, 5.74) is 2.78. The maximum absolute atomic E-state index is 12.3. The minimum atomic E-state index is -0.621. The zero-order valence-electron chi connectivity index (χ0n) is 11.2. The Morgan fingerprint density at radius 1 is 1.38 bits per heavy atom. The fourth-order valence-corrected chi connectivity index (χ4v) is 2.04. The second-order valence-electron chi connectivity index (χ2n) is 4.31. The van der Waals surface area contributed by atoms with Gasteiger partial charge in [-0.25, -0.2) is 4.79 Å². The van der Waals surface area contributed by atoms with Gasteiger partial charge in [0.15, 0.2) is 10.8 Å². The van der Waals surface area contributed by atoms with E-state index in [0.29, 0.717) is 5.48 Å². The molecule has 7 nitrogen and oxygen atoms in total. The van der Waals surface area contributed by atoms with Gasteiger partial charge >= 0.3 is 5.97 Å². The zero-order valence-corrected chi connectivity index (χ0v) is 11.2. The van der Waals surface area contributed by atoms with Crippen molar-refractivity contribution in [2.45, 2.75) is 6.92 Å². The highest BCUT2D eigenvalue weighted by Gasteiger charge is 2.07. The molecule has 1 aliphatic rings. The maximum atomic E-state index is 12.3. The Hall–Kier alpha value is -2.96. The quantitative estimate of drug-likeness (QED) is 0.680. The van der Waals surface area contributed by atoms with Crippen LogP contribution in [0.15, 0.2) is 29.1 Å². The van der Waals surface area contributed by atoms with Gasteiger partial charge in [0.1, 0.15) is 0 Å². The molecule has 21 heavy (non-hydrogen) atoms. The Balaban J connectivity index is 2.31. The number of nitrogens with zero attached hydrogens (tertiary/aromatic N) is 3. The molecule has 1 aromatic heterocycles. The first-order valence-corrected chi connectivity index (χ1v) is 6.41. The van der Waals surface area contributed by atoms with Crippen LogP contribution in [-0.2, 0) is 9.53 Å². The minimum absolute atomic E-state index is 0.0718. The molecule has 0 bridgehead atoms. The van der Waals surface area contributed by atoms with Crippen LogP contribution in [0.4, 0.5) is 0 Å². The number of carbonyl (C=O) groups excluding carboxylic acids is 1. The highest BCUT2D eigenvalue weighted by molar-refractivity contribution is 5.99. The van der Waals surface area contributed by atoms with Crippen molar-refractivity contribution in [3.8, 4) is 0 Å². The van der Waals surface area contributed by atoms with Crippen molar-refractivity contribution in [3.63, 3.8) is 0 Å². The summed E-state index contributed by atoms with van der Waals surface area (Å²) >= 11 is 0. The van der Waals surface area contributed by atoms with Gasteiger partial charge in [0.05, 0.1) is 12.7 Å². The SMILES string of the molecule is CCOC(=O)/C=c1\nnc2n(c1=O)NC=c1ccccc1=2. The van der Waals surface area contributed by atoms with Gasteiger partial charge in [0.25, 0.3) is 5.56 Å². The molecule has 0 atom stereocenters. The molecule has 1 N–H and O–H groups in total. The molecule has 0 fully saturated rings. The third-order valence-electron chi connectivity index (χ3n) is 2.98. The predicted octanol–water partition coefficient (Wildman–Crippen LogP) is -1.44. The molecule has 0 radical (unpaired) electrons. The molecular weight excluding hydrogens is 272 g/mol. The van der Waals surface area contributed by atoms with Gasteiger partial charge < -0.3 is 4.74 Å². The molecule has 0 saturated heterocycles. The number of fused-ring (bicyclic) bond motifs is 2. The molecule has 1 aromatic carbocycles. The summed E-state index contributed by atoms with van der Waals surface area (Å²) in [6.07, 6.45) is 2.73. The van der Waals surface area contributed by atoms with E-state index in [1.807, 2.05) is 24.3 Å². The lowest BCUT2D eigenvalue weighted by molar-refractivity contribution is -0.135. The molecule has 1 aliphatic heterocycles. The summed E-state index contributed by atoms with van der Waals surface area (Å²) < 4.78 is 6.01. The molecule has 0 amide bonds. The molecule has 0 unspecified atom stereocenters. The molecule has 0 saturated carbocycles. The Kier molecular flexibility index (Phi) is 3.23. The van der Waals surface area contributed by atoms with E-state index in [-0.39, 0.29) is 12.0 Å². The molecular formula is C14H12N4O3. The van der Waals surface area contributed by atoms with Gasteiger partial charge in [-0.2, -0.15) is 4.68 Å². The van der Waals surface area contributed by atoms with Crippen LogP contribution >= 0.6 is 0 Å². The monoisotopic (exact) mass is 284 g/mol. The van der Waals surface area contributed by atoms with Crippen molar-refractivity contribution in [2.24, 2.45) is 0 Å². The third kappa shape index (κ3) is 2.29. The summed E-state index contributed by atoms with van der Waals surface area (Å²) in [5.74, 6) is -0.621. The Morgan fingerprint density at radius 2 is 2.19 bits per heavy atom. The summed E-state index contributed by atoms with van der Waals surface area (Å²) in [5, 5.41) is 9.48. The van der Waals surface area contributed by atoms with Gasteiger partial charge in [-0.05, 0) is 6.92 Å². The standard InChI is InChI=1S/C14H12N4O3/c1-2-21-12(19)7-11-14(20)18-13(17-16-11)10-6-4-3-5-9(10)8-15-18/h3-8,15H,2H2,1H3/b11-7-. The molecule has 3 rings (SSSR count). The van der Waals surface area contributed by atoms with E-state index in [9.17, 15) is 9.59 Å². The first-order valence-electron chi connectivity index (χ1n) is 6.41. The van der Waals surface area contributed by atoms with Crippen molar-refractivity contribution in [1.29, 1.82) is 0 Å². The van der Waals surface area contributed by atoms with E-state index in [1.54, 1.807) is 13.1 Å². The predicted molar refractivity (Wildman–Crippen MR) is 74.6 cm³/mol. The van der Waals surface area contributed by atoms with E-state index in [1.165, 1.54) is 4.68 Å². The van der Waals surface area contributed by atoms with Gasteiger partial charge in [-0.1, -0.05) is 24.3 Å². The number of nitrogens with one attached hydrogen (secondary N) is 1. The van der Waals surface area contributed by atoms with E-state index < -0.39 is 11.5 Å². The summed E-state index contributed by atoms with van der Waals surface area (Å²) in [7, 11) is 0. The molecule has 106 valence electrons. The second kappa shape index (κ2) is 5.20. The van der Waals surface area contributed by atoms with E-state index >= 15 is 0 Å². The van der Waals surface area contributed by atoms with Crippen LogP contribution in [0.1, 0.15) is 6.92 Å². The third-order valence-corrected chi connectivity index (χ3v) is 2.98. The van der Waals surface area contributed by atoms with Crippen LogP contribution in [-0.4, -0.2) is 27.4 Å². The summed E-state index contributed by atoms with van der Waals surface area (Å²) in [6.45, 7) is 1.92. The Morgan fingerprint density at radius 3 is 3.00 bits per heavy atom. The lowest BCUT2D eigenvalue weighted by Crippen LogP contribution is -2.44. The number of hydrogen-bond acceptors (Lipinski definition) is 6. The van der Waals surface area contributed by atoms with Crippen molar-refractivity contribution in [3.05, 3.63) is 55.9 Å². The minimum Gasteiger partial charge on any atom is -0.463 e. The van der Waals surface area contributed by atoms with Crippen LogP contribution in [0.2, 0.25) is 0 Å². The van der Waals surface area contributed by atoms with E-state index in [2.05, 4.69) is 15.6 Å². The Bertz CT molecular complexity index is 978. The Labute approximate surface area is 118 Å². The number of rotatable bonds is 2. The van der Waals surface area contributed by atoms with Gasteiger partial charge in [-0.3, -0.25) is 10.2 Å². The lowest BCUT2D eigenvalue weighted by atomic mass is 10.2. The first-order chi connectivity index (χ1) is 10.2. The molecule has 2 aromatic rings. The fraction of sp³-hybridized carbons (Fsp3) is 0.143. The molecule has 2 heterocycles. The highest BCUT2D eigenvalue weighted by atomic mass is 16.5. The van der Waals surface area contributed by atoms with Crippen LogP contribution in [0, 0.1) is 10.7 Å². The first kappa shape index (κ1) is 13.0. The fourth-order valence-electron chi connectivity index (χ4n) is 2.04. The summed E-state index contributed by atoms with van der Waals surface area (Å²) in [6, 6.07) is 7.49. The summed E-state index contributed by atoms with van der Waals surface area (Å²) in [4.78, 5) is 23.7. The lowest BCUT2D eigenvalue weighted by Gasteiger charge is -2.09. The number of aromatic nitrogens is 3. The van der Waals surface area contributed by atoms with Crippen molar-refractivity contribution >= 4 is 18.2 Å². The van der Waals surface area contributed by atoms with Gasteiger partial charge in [0.2, 0.25) is 0 Å². The molecule has 7 heteroatoms.